The van der Waals surface area contributed by atoms with Gasteiger partial charge in [-0.2, -0.15) is 0 Å². The first-order valence-corrected chi connectivity index (χ1v) is 9.35. The molecular weight excluding hydrogens is 355 g/mol. The van der Waals surface area contributed by atoms with E-state index in [2.05, 4.69) is 4.98 Å². The second-order valence-corrected chi connectivity index (χ2v) is 6.84. The molecule has 0 bridgehead atoms. The zero-order chi connectivity index (χ0) is 19.3. The molecule has 0 N–H and O–H groups in total. The van der Waals surface area contributed by atoms with Gasteiger partial charge in [0.05, 0.1) is 18.8 Å². The SMILES string of the molecule is O=C(c1ccccc1)N1CCO[C@@H](c2ccc(Cc3ccccc3F)cn2)C1. The highest BCUT2D eigenvalue weighted by molar-refractivity contribution is 5.94. The fraction of sp³-hybridized carbons (Fsp3) is 0.217. The number of morpholine rings is 1. The van der Waals surface area contributed by atoms with E-state index in [9.17, 15) is 9.18 Å². The van der Waals surface area contributed by atoms with Gasteiger partial charge in [0.2, 0.25) is 0 Å². The number of ether oxygens (including phenoxy) is 1. The lowest BCUT2D eigenvalue weighted by molar-refractivity contribution is -0.0247. The van der Waals surface area contributed by atoms with Crippen LogP contribution in [0.15, 0.2) is 72.9 Å². The van der Waals surface area contributed by atoms with E-state index in [-0.39, 0.29) is 17.8 Å². The molecule has 1 atom stereocenters. The lowest BCUT2D eigenvalue weighted by Gasteiger charge is -2.32. The topological polar surface area (TPSA) is 42.4 Å². The Kier molecular flexibility index (Phi) is 5.44. The van der Waals surface area contributed by atoms with Crippen molar-refractivity contribution < 1.29 is 13.9 Å². The number of halogens is 1. The number of nitrogens with zero attached hydrogens (tertiary/aromatic N) is 2. The minimum absolute atomic E-state index is 0.00470. The Morgan fingerprint density at radius 3 is 2.61 bits per heavy atom. The van der Waals surface area contributed by atoms with Gasteiger partial charge in [0.15, 0.2) is 0 Å². The van der Waals surface area contributed by atoms with Crippen LogP contribution in [0.1, 0.15) is 33.3 Å². The third-order valence-corrected chi connectivity index (χ3v) is 4.90. The Hall–Kier alpha value is -3.05. The Labute approximate surface area is 163 Å². The first-order chi connectivity index (χ1) is 13.7. The van der Waals surface area contributed by atoms with Gasteiger partial charge in [0.25, 0.3) is 5.91 Å². The number of aromatic nitrogens is 1. The van der Waals surface area contributed by atoms with Crippen LogP contribution in [0.3, 0.4) is 0 Å². The second-order valence-electron chi connectivity index (χ2n) is 6.84. The van der Waals surface area contributed by atoms with Gasteiger partial charge < -0.3 is 9.64 Å². The van der Waals surface area contributed by atoms with E-state index in [1.807, 2.05) is 48.5 Å². The van der Waals surface area contributed by atoms with Gasteiger partial charge >= 0.3 is 0 Å². The smallest absolute Gasteiger partial charge is 0.254 e. The van der Waals surface area contributed by atoms with Gasteiger partial charge in [-0.1, -0.05) is 42.5 Å². The minimum atomic E-state index is -0.260. The van der Waals surface area contributed by atoms with Crippen molar-refractivity contribution in [2.24, 2.45) is 0 Å². The molecule has 0 radical (unpaired) electrons. The maximum Gasteiger partial charge on any atom is 0.254 e. The highest BCUT2D eigenvalue weighted by Crippen LogP contribution is 2.23. The Morgan fingerprint density at radius 1 is 1.07 bits per heavy atom. The zero-order valence-electron chi connectivity index (χ0n) is 15.4. The van der Waals surface area contributed by atoms with Gasteiger partial charge in [0.1, 0.15) is 11.9 Å². The van der Waals surface area contributed by atoms with Crippen molar-refractivity contribution in [1.29, 1.82) is 0 Å². The Balaban J connectivity index is 1.44. The summed E-state index contributed by atoms with van der Waals surface area (Å²) >= 11 is 0. The van der Waals surface area contributed by atoms with Crippen molar-refractivity contribution in [1.82, 2.24) is 9.88 Å². The third kappa shape index (κ3) is 4.10. The molecule has 2 aromatic carbocycles. The van der Waals surface area contributed by atoms with E-state index in [0.717, 1.165) is 11.3 Å². The van der Waals surface area contributed by atoms with E-state index in [1.165, 1.54) is 6.07 Å². The number of carbonyl (C=O) groups excluding carboxylic acids is 1. The molecular formula is C23H21FN2O2. The molecule has 4 nitrogen and oxygen atoms in total. The van der Waals surface area contributed by atoms with Crippen molar-refractivity contribution in [2.75, 3.05) is 19.7 Å². The maximum atomic E-state index is 13.8. The number of amides is 1. The number of hydrogen-bond donors (Lipinski definition) is 0. The average molecular weight is 376 g/mol. The van der Waals surface area contributed by atoms with Crippen LogP contribution in [0.5, 0.6) is 0 Å². The molecule has 1 saturated heterocycles. The predicted octanol–water partition coefficient (Wildman–Crippen LogP) is 4.03. The zero-order valence-corrected chi connectivity index (χ0v) is 15.4. The molecule has 1 amide bonds. The van der Waals surface area contributed by atoms with Crippen molar-refractivity contribution in [3.8, 4) is 0 Å². The maximum absolute atomic E-state index is 13.8. The third-order valence-electron chi connectivity index (χ3n) is 4.90. The van der Waals surface area contributed by atoms with Crippen molar-refractivity contribution in [3.05, 3.63) is 101 Å². The molecule has 0 spiro atoms. The minimum Gasteiger partial charge on any atom is -0.368 e. The molecule has 1 aliphatic rings. The summed E-state index contributed by atoms with van der Waals surface area (Å²) in [4.78, 5) is 19.0. The summed E-state index contributed by atoms with van der Waals surface area (Å²) in [6, 6.07) is 19.9. The monoisotopic (exact) mass is 376 g/mol. The highest BCUT2D eigenvalue weighted by atomic mass is 19.1. The summed E-state index contributed by atoms with van der Waals surface area (Å²) in [5.41, 5.74) is 3.03. The predicted molar refractivity (Wildman–Crippen MR) is 104 cm³/mol. The highest BCUT2D eigenvalue weighted by Gasteiger charge is 2.26. The number of rotatable bonds is 4. The first kappa shape index (κ1) is 18.3. The standard InChI is InChI=1S/C23H21FN2O2/c24-20-9-5-4-8-19(20)14-17-10-11-21(25-15-17)22-16-26(12-13-28-22)23(27)18-6-2-1-3-7-18/h1-11,15,22H,12-14,16H2/t22-/m1/s1. The van der Waals surface area contributed by atoms with Gasteiger partial charge in [0, 0.05) is 24.7 Å². The number of pyridine rings is 1. The normalized spacial score (nSPS) is 16.8. The molecule has 1 fully saturated rings. The fourth-order valence-corrected chi connectivity index (χ4v) is 3.37. The lowest BCUT2D eigenvalue weighted by atomic mass is 10.0. The van der Waals surface area contributed by atoms with Crippen LogP contribution < -0.4 is 0 Å². The van der Waals surface area contributed by atoms with Gasteiger partial charge in [-0.15, -0.1) is 0 Å². The summed E-state index contributed by atoms with van der Waals surface area (Å²) in [5, 5.41) is 0. The van der Waals surface area contributed by atoms with Crippen LogP contribution >= 0.6 is 0 Å². The molecule has 142 valence electrons. The van der Waals surface area contributed by atoms with Crippen LogP contribution in [0, 0.1) is 5.82 Å². The summed E-state index contributed by atoms with van der Waals surface area (Å²) in [6.45, 7) is 1.50. The summed E-state index contributed by atoms with van der Waals surface area (Å²) in [7, 11) is 0. The van der Waals surface area contributed by atoms with E-state index in [0.29, 0.717) is 37.2 Å². The molecule has 0 unspecified atom stereocenters. The first-order valence-electron chi connectivity index (χ1n) is 9.35. The average Bonchev–Trinajstić information content (AvgIpc) is 2.76. The number of hydrogen-bond acceptors (Lipinski definition) is 3. The molecule has 4 rings (SSSR count). The lowest BCUT2D eigenvalue weighted by Crippen LogP contribution is -2.42. The summed E-state index contributed by atoms with van der Waals surface area (Å²) < 4.78 is 19.7. The summed E-state index contributed by atoms with van der Waals surface area (Å²) in [5.74, 6) is -0.206. The molecule has 2 heterocycles. The van der Waals surface area contributed by atoms with E-state index < -0.39 is 0 Å². The van der Waals surface area contributed by atoms with Crippen LogP contribution in [0.2, 0.25) is 0 Å². The van der Waals surface area contributed by atoms with Crippen LogP contribution in [-0.2, 0) is 11.2 Å². The number of benzene rings is 2. The molecule has 1 aromatic heterocycles. The molecule has 28 heavy (non-hydrogen) atoms. The largest absolute Gasteiger partial charge is 0.368 e. The van der Waals surface area contributed by atoms with Crippen LogP contribution in [0.25, 0.3) is 0 Å². The van der Waals surface area contributed by atoms with Crippen LogP contribution in [0.4, 0.5) is 4.39 Å². The molecule has 5 heteroatoms. The second kappa shape index (κ2) is 8.31. The molecule has 3 aromatic rings. The fourth-order valence-electron chi connectivity index (χ4n) is 3.37. The number of carbonyl (C=O) groups is 1. The molecule has 1 aliphatic heterocycles. The Morgan fingerprint density at radius 2 is 1.86 bits per heavy atom. The van der Waals surface area contributed by atoms with Crippen molar-refractivity contribution in [2.45, 2.75) is 12.5 Å². The van der Waals surface area contributed by atoms with Crippen LogP contribution in [-0.4, -0.2) is 35.5 Å². The van der Waals surface area contributed by atoms with Crippen molar-refractivity contribution in [3.63, 3.8) is 0 Å². The van der Waals surface area contributed by atoms with E-state index in [1.54, 1.807) is 23.2 Å². The summed E-state index contributed by atoms with van der Waals surface area (Å²) in [6.07, 6.45) is 1.98. The van der Waals surface area contributed by atoms with Gasteiger partial charge in [-0.25, -0.2) is 4.39 Å². The van der Waals surface area contributed by atoms with Gasteiger partial charge in [-0.3, -0.25) is 9.78 Å². The van der Waals surface area contributed by atoms with E-state index in [4.69, 9.17) is 4.74 Å². The van der Waals surface area contributed by atoms with Crippen molar-refractivity contribution >= 4 is 5.91 Å². The molecule has 0 saturated carbocycles. The van der Waals surface area contributed by atoms with Gasteiger partial charge in [-0.05, 0) is 35.4 Å². The van der Waals surface area contributed by atoms with E-state index >= 15 is 0 Å². The quantitative estimate of drug-likeness (QED) is 0.691. The Bertz CT molecular complexity index is 944. The molecule has 0 aliphatic carbocycles.